The Kier molecular flexibility index (Phi) is 3.14. The highest BCUT2D eigenvalue weighted by Crippen LogP contribution is 2.47. The highest BCUT2D eigenvalue weighted by atomic mass is 32.2. The number of nitrogens with zero attached hydrogens (tertiary/aromatic N) is 1. The minimum Gasteiger partial charge on any atom is -0.181 e. The zero-order chi connectivity index (χ0) is 11.7. The lowest BCUT2D eigenvalue weighted by atomic mass is 10.2. The largest absolute Gasteiger partial charge is 0.181 e. The van der Waals surface area contributed by atoms with Crippen LogP contribution in [0.15, 0.2) is 58.3 Å². The topological polar surface area (TPSA) is 3.24 Å². The Hall–Kier alpha value is -0.900. The van der Waals surface area contributed by atoms with E-state index in [1.165, 1.54) is 20.9 Å². The van der Waals surface area contributed by atoms with Gasteiger partial charge in [0, 0.05) is 16.3 Å². The van der Waals surface area contributed by atoms with Gasteiger partial charge in [-0.15, -0.1) is 0 Å². The van der Waals surface area contributed by atoms with Crippen molar-refractivity contribution in [3.63, 3.8) is 0 Å². The van der Waals surface area contributed by atoms with Crippen LogP contribution in [0.4, 0.5) is 0 Å². The predicted molar refractivity (Wildman–Crippen MR) is 74.9 cm³/mol. The van der Waals surface area contributed by atoms with E-state index in [0.29, 0.717) is 0 Å². The van der Waals surface area contributed by atoms with E-state index in [4.69, 9.17) is 0 Å². The summed E-state index contributed by atoms with van der Waals surface area (Å²) in [5, 5.41) is 0. The number of aryl methyl sites for hydroxylation is 1. The van der Waals surface area contributed by atoms with Crippen molar-refractivity contribution in [2.24, 2.45) is 0 Å². The van der Waals surface area contributed by atoms with Crippen molar-refractivity contribution in [1.82, 2.24) is 3.71 Å². The monoisotopic (exact) mass is 259 g/mol. The molecule has 0 aliphatic carbocycles. The van der Waals surface area contributed by atoms with E-state index in [2.05, 4.69) is 59.2 Å². The zero-order valence-corrected chi connectivity index (χ0v) is 11.2. The van der Waals surface area contributed by atoms with E-state index < -0.39 is 0 Å². The number of benzene rings is 2. The van der Waals surface area contributed by atoms with Gasteiger partial charge in [0.05, 0.1) is 0 Å². The SMILES string of the molecule is Cc1ccc2c(c1)SN(Cc1ccccc1)S2. The van der Waals surface area contributed by atoms with E-state index in [1.807, 2.05) is 23.9 Å². The summed E-state index contributed by atoms with van der Waals surface area (Å²) in [6.07, 6.45) is 0. The van der Waals surface area contributed by atoms with Gasteiger partial charge in [0.1, 0.15) is 0 Å². The van der Waals surface area contributed by atoms with Crippen LogP contribution >= 0.6 is 23.9 Å². The second-order valence-corrected chi connectivity index (χ2v) is 6.47. The van der Waals surface area contributed by atoms with Crippen molar-refractivity contribution in [3.8, 4) is 0 Å². The first-order chi connectivity index (χ1) is 8.31. The summed E-state index contributed by atoms with van der Waals surface area (Å²) in [5.41, 5.74) is 2.69. The Morgan fingerprint density at radius 2 is 1.71 bits per heavy atom. The van der Waals surface area contributed by atoms with E-state index in [0.717, 1.165) is 6.54 Å². The van der Waals surface area contributed by atoms with Gasteiger partial charge in [-0.3, -0.25) is 0 Å². The molecule has 0 N–H and O–H groups in total. The summed E-state index contributed by atoms with van der Waals surface area (Å²) in [6, 6.07) is 17.3. The molecule has 0 fully saturated rings. The van der Waals surface area contributed by atoms with Gasteiger partial charge in [-0.2, -0.15) is 3.71 Å². The molecule has 86 valence electrons. The average Bonchev–Trinajstić information content (AvgIpc) is 2.71. The molecule has 1 heterocycles. The maximum Gasteiger partial charge on any atom is 0.0460 e. The first-order valence-electron chi connectivity index (χ1n) is 5.59. The molecule has 0 atom stereocenters. The smallest absolute Gasteiger partial charge is 0.0460 e. The van der Waals surface area contributed by atoms with Crippen molar-refractivity contribution < 1.29 is 0 Å². The molecule has 1 aliphatic heterocycles. The quantitative estimate of drug-likeness (QED) is 0.730. The molecule has 0 aromatic heterocycles. The molecule has 1 aliphatic rings. The molecule has 17 heavy (non-hydrogen) atoms. The lowest BCUT2D eigenvalue weighted by Gasteiger charge is -2.11. The fourth-order valence-corrected chi connectivity index (χ4v) is 4.19. The van der Waals surface area contributed by atoms with Crippen molar-refractivity contribution in [2.45, 2.75) is 23.3 Å². The summed E-state index contributed by atoms with van der Waals surface area (Å²) in [6.45, 7) is 3.12. The normalized spacial score (nSPS) is 14.9. The van der Waals surface area contributed by atoms with Gasteiger partial charge in [-0.05, 0) is 54.1 Å². The second kappa shape index (κ2) is 4.77. The minimum absolute atomic E-state index is 0.976. The third kappa shape index (κ3) is 2.51. The van der Waals surface area contributed by atoms with E-state index in [-0.39, 0.29) is 0 Å². The fourth-order valence-electron chi connectivity index (χ4n) is 1.80. The highest BCUT2D eigenvalue weighted by molar-refractivity contribution is 8.14. The summed E-state index contributed by atoms with van der Waals surface area (Å²) in [7, 11) is 0. The Balaban J connectivity index is 1.74. The molecular weight excluding hydrogens is 246 g/mol. The van der Waals surface area contributed by atoms with E-state index >= 15 is 0 Å². The molecule has 3 heteroatoms. The molecule has 0 saturated carbocycles. The van der Waals surface area contributed by atoms with Crippen molar-refractivity contribution >= 4 is 23.9 Å². The Labute approximate surface area is 110 Å². The molecule has 2 aromatic carbocycles. The third-order valence-corrected chi connectivity index (χ3v) is 4.98. The zero-order valence-electron chi connectivity index (χ0n) is 9.59. The molecule has 0 unspecified atom stereocenters. The molecule has 2 aromatic rings. The van der Waals surface area contributed by atoms with Crippen LogP contribution in [0.1, 0.15) is 11.1 Å². The van der Waals surface area contributed by atoms with Crippen LogP contribution in [0.25, 0.3) is 0 Å². The van der Waals surface area contributed by atoms with Crippen LogP contribution in [0, 0.1) is 6.92 Å². The molecular formula is C14H13NS2. The first-order valence-corrected chi connectivity index (χ1v) is 7.14. The van der Waals surface area contributed by atoms with Gasteiger partial charge >= 0.3 is 0 Å². The second-order valence-electron chi connectivity index (χ2n) is 4.11. The summed E-state index contributed by atoms with van der Waals surface area (Å²) < 4.78 is 2.33. The molecule has 1 nitrogen and oxygen atoms in total. The molecule has 0 bridgehead atoms. The maximum absolute atomic E-state index is 2.33. The van der Waals surface area contributed by atoms with Crippen LogP contribution in [-0.4, -0.2) is 3.71 Å². The number of hydrogen-bond acceptors (Lipinski definition) is 3. The van der Waals surface area contributed by atoms with Gasteiger partial charge in [0.2, 0.25) is 0 Å². The fraction of sp³-hybridized carbons (Fsp3) is 0.143. The molecule has 3 rings (SSSR count). The molecule has 0 radical (unpaired) electrons. The lowest BCUT2D eigenvalue weighted by Crippen LogP contribution is -2.01. The predicted octanol–water partition coefficient (Wildman–Crippen LogP) is 4.53. The lowest BCUT2D eigenvalue weighted by molar-refractivity contribution is 0.748. The van der Waals surface area contributed by atoms with Crippen molar-refractivity contribution in [3.05, 3.63) is 59.7 Å². The van der Waals surface area contributed by atoms with Crippen molar-refractivity contribution in [1.29, 1.82) is 0 Å². The van der Waals surface area contributed by atoms with Crippen molar-refractivity contribution in [2.75, 3.05) is 0 Å². The van der Waals surface area contributed by atoms with Gasteiger partial charge in [-0.1, -0.05) is 36.4 Å². The van der Waals surface area contributed by atoms with Crippen LogP contribution in [-0.2, 0) is 6.54 Å². The average molecular weight is 259 g/mol. The third-order valence-electron chi connectivity index (χ3n) is 2.65. The Morgan fingerprint density at radius 3 is 2.53 bits per heavy atom. The van der Waals surface area contributed by atoms with Crippen LogP contribution in [0.3, 0.4) is 0 Å². The van der Waals surface area contributed by atoms with Crippen LogP contribution in [0.5, 0.6) is 0 Å². The van der Waals surface area contributed by atoms with Crippen LogP contribution in [0.2, 0.25) is 0 Å². The summed E-state index contributed by atoms with van der Waals surface area (Å²) >= 11 is 3.68. The van der Waals surface area contributed by atoms with Gasteiger partial charge < -0.3 is 0 Å². The maximum atomic E-state index is 2.33. The number of hydrogen-bond donors (Lipinski definition) is 0. The minimum atomic E-state index is 0.976. The number of rotatable bonds is 2. The molecule has 0 saturated heterocycles. The standard InChI is InChI=1S/C14H13NS2/c1-11-7-8-13-14(9-11)17-15(16-13)10-12-5-3-2-4-6-12/h2-9H,10H2,1H3. The summed E-state index contributed by atoms with van der Waals surface area (Å²) in [4.78, 5) is 2.75. The summed E-state index contributed by atoms with van der Waals surface area (Å²) in [5.74, 6) is 0. The van der Waals surface area contributed by atoms with E-state index in [9.17, 15) is 0 Å². The molecule has 0 spiro atoms. The van der Waals surface area contributed by atoms with E-state index in [1.54, 1.807) is 0 Å². The Bertz CT molecular complexity index is 525. The van der Waals surface area contributed by atoms with Gasteiger partial charge in [0.15, 0.2) is 0 Å². The van der Waals surface area contributed by atoms with Crippen LogP contribution < -0.4 is 0 Å². The Morgan fingerprint density at radius 1 is 0.941 bits per heavy atom. The highest BCUT2D eigenvalue weighted by Gasteiger charge is 2.21. The van der Waals surface area contributed by atoms with Gasteiger partial charge in [-0.25, -0.2) is 0 Å². The van der Waals surface area contributed by atoms with Gasteiger partial charge in [0.25, 0.3) is 0 Å². The first kappa shape index (κ1) is 11.2. The molecule has 0 amide bonds. The number of fused-ring (bicyclic) bond motifs is 1.